The number of benzene rings is 1. The third-order valence-electron chi connectivity index (χ3n) is 7.01. The lowest BCUT2D eigenvalue weighted by Crippen LogP contribution is -2.34. The lowest BCUT2D eigenvalue weighted by atomic mass is 10.2. The van der Waals surface area contributed by atoms with E-state index in [2.05, 4.69) is 27.2 Å². The molecule has 17 heteroatoms. The molecule has 2 heterocycles. The molecule has 0 saturated carbocycles. The third kappa shape index (κ3) is 10.3. The van der Waals surface area contributed by atoms with Gasteiger partial charge < -0.3 is 38.7 Å². The quantitative estimate of drug-likeness (QED) is 0.0821. The summed E-state index contributed by atoms with van der Waals surface area (Å²) in [5.41, 5.74) is 1.58. The molecule has 3 aromatic rings. The average molecular weight is 699 g/mol. The molecular formula is C31H41F3N6O7S. The maximum absolute atomic E-state index is 12.7. The van der Waals surface area contributed by atoms with E-state index in [0.717, 1.165) is 5.56 Å². The van der Waals surface area contributed by atoms with Crippen molar-refractivity contribution in [2.75, 3.05) is 66.6 Å². The van der Waals surface area contributed by atoms with Crippen molar-refractivity contribution in [2.45, 2.75) is 44.0 Å². The summed E-state index contributed by atoms with van der Waals surface area (Å²) in [4.78, 5) is 21.8. The molecule has 0 radical (unpaired) electrons. The molecule has 0 bridgehead atoms. The number of anilines is 1. The van der Waals surface area contributed by atoms with Crippen LogP contribution < -0.4 is 24.8 Å². The minimum atomic E-state index is -5.07. The highest BCUT2D eigenvalue weighted by atomic mass is 32.2. The zero-order chi connectivity index (χ0) is 35.4. The Morgan fingerprint density at radius 3 is 2.38 bits per heavy atom. The van der Waals surface area contributed by atoms with Crippen LogP contribution in [0, 0.1) is 12.0 Å². The summed E-state index contributed by atoms with van der Waals surface area (Å²) in [5, 5.41) is 15.3. The minimum absolute atomic E-state index is 0.123. The smallest absolute Gasteiger partial charge is 0.472 e. The van der Waals surface area contributed by atoms with Crippen LogP contribution in [-0.2, 0) is 20.0 Å². The minimum Gasteiger partial charge on any atom is -0.496 e. The molecule has 0 fully saturated rings. The number of hydrogen-bond acceptors (Lipinski definition) is 12. The molecule has 0 aliphatic heterocycles. The highest BCUT2D eigenvalue weighted by Gasteiger charge is 2.38. The summed E-state index contributed by atoms with van der Waals surface area (Å²) in [7, 11) is 8.40. The second kappa shape index (κ2) is 18.0. The van der Waals surface area contributed by atoms with Crippen LogP contribution in [0.2, 0.25) is 0 Å². The Morgan fingerprint density at radius 2 is 1.79 bits per heavy atom. The van der Waals surface area contributed by atoms with E-state index in [1.165, 1.54) is 18.1 Å². The SMILES string of the molecule is COc1cc(OC)c(CSCOC(C)[C@@H](CO)OC[C@H](C)n2cc(C#CNC(=O)C(F)(F)F)c3c(NCN(C)C)ncnc32)c(OC)c1. The second-order valence-corrected chi connectivity index (χ2v) is 11.7. The summed E-state index contributed by atoms with van der Waals surface area (Å²) >= 11 is 1.49. The van der Waals surface area contributed by atoms with Crippen molar-refractivity contribution in [1.29, 1.82) is 0 Å². The number of aromatic nitrogens is 3. The number of amides is 1. The number of alkyl halides is 3. The van der Waals surface area contributed by atoms with Gasteiger partial charge in [0.25, 0.3) is 0 Å². The first-order valence-corrected chi connectivity index (χ1v) is 15.8. The van der Waals surface area contributed by atoms with E-state index < -0.39 is 24.3 Å². The van der Waals surface area contributed by atoms with Gasteiger partial charge in [-0.1, -0.05) is 0 Å². The van der Waals surface area contributed by atoms with Gasteiger partial charge in [0, 0.05) is 35.7 Å². The highest BCUT2D eigenvalue weighted by molar-refractivity contribution is 7.98. The number of thioether (sulfide) groups is 1. The van der Waals surface area contributed by atoms with Gasteiger partial charge in [-0.05, 0) is 33.9 Å². The zero-order valence-corrected chi connectivity index (χ0v) is 28.6. The number of aliphatic hydroxyl groups excluding tert-OH is 1. The number of halogens is 3. The molecule has 3 N–H and O–H groups in total. The number of rotatable bonds is 17. The Bertz CT molecular complexity index is 1550. The number of nitrogens with zero attached hydrogens (tertiary/aromatic N) is 4. The number of carbonyl (C=O) groups is 1. The number of hydrogen-bond donors (Lipinski definition) is 3. The number of carbonyl (C=O) groups excluding carboxylic acids is 1. The summed E-state index contributed by atoms with van der Waals surface area (Å²) < 4.78 is 68.1. The van der Waals surface area contributed by atoms with Crippen molar-refractivity contribution in [3.8, 4) is 29.2 Å². The van der Waals surface area contributed by atoms with Crippen molar-refractivity contribution in [3.63, 3.8) is 0 Å². The van der Waals surface area contributed by atoms with Crippen LogP contribution in [0.25, 0.3) is 11.0 Å². The molecule has 0 aliphatic carbocycles. The molecule has 1 aromatic carbocycles. The molecule has 0 spiro atoms. The van der Waals surface area contributed by atoms with E-state index in [1.807, 2.05) is 25.9 Å². The Hall–Kier alpha value is -3.95. The monoisotopic (exact) mass is 698 g/mol. The first-order chi connectivity index (χ1) is 22.8. The zero-order valence-electron chi connectivity index (χ0n) is 27.8. The van der Waals surface area contributed by atoms with Gasteiger partial charge in [0.15, 0.2) is 0 Å². The fraction of sp³-hybridized carbons (Fsp3) is 0.516. The molecule has 3 rings (SSSR count). The number of methoxy groups -OCH3 is 3. The Morgan fingerprint density at radius 1 is 1.10 bits per heavy atom. The van der Waals surface area contributed by atoms with Crippen LogP contribution in [0.4, 0.5) is 19.0 Å². The Balaban J connectivity index is 1.70. The summed E-state index contributed by atoms with van der Waals surface area (Å²) in [6.07, 6.45) is -3.25. The molecule has 264 valence electrons. The van der Waals surface area contributed by atoms with Crippen molar-refractivity contribution < 1.29 is 46.8 Å². The number of nitrogens with one attached hydrogen (secondary N) is 2. The predicted octanol–water partition coefficient (Wildman–Crippen LogP) is 3.61. The third-order valence-corrected chi connectivity index (χ3v) is 7.81. The second-order valence-electron chi connectivity index (χ2n) is 10.7. The Labute approximate surface area is 281 Å². The van der Waals surface area contributed by atoms with Crippen LogP contribution in [-0.4, -0.2) is 110 Å². The van der Waals surface area contributed by atoms with E-state index in [-0.39, 0.29) is 19.3 Å². The first kappa shape index (κ1) is 38.5. The van der Waals surface area contributed by atoms with E-state index in [9.17, 15) is 23.1 Å². The van der Waals surface area contributed by atoms with Gasteiger partial charge in [0.05, 0.1) is 70.2 Å². The maximum Gasteiger partial charge on any atom is 0.472 e. The standard InChI is InChI=1S/C31H41F3N6O7S/c1-19(14-46-26(13-41)20(2)47-18-48-15-23-24(44-6)10-22(43-5)11-25(23)45-7)40-12-21(8-9-35-30(42)31(32,33)34)27-28(38-17-39(3)4)36-16-37-29(27)40/h10-12,16,19-20,26,41H,13-15,17-18H2,1-7H3,(H,35,42)(H,36,37,38)/t19-,20?,26+/m0/s1. The first-order valence-electron chi connectivity index (χ1n) is 14.7. The molecule has 3 atom stereocenters. The normalized spacial score (nSPS) is 13.4. The fourth-order valence-electron chi connectivity index (χ4n) is 4.42. The van der Waals surface area contributed by atoms with E-state index in [1.54, 1.807) is 56.5 Å². The largest absolute Gasteiger partial charge is 0.496 e. The summed E-state index contributed by atoms with van der Waals surface area (Å²) in [6, 6.07) is 5.28. The Kier molecular flexibility index (Phi) is 14.4. The molecule has 2 aromatic heterocycles. The van der Waals surface area contributed by atoms with Gasteiger partial charge >= 0.3 is 12.1 Å². The van der Waals surface area contributed by atoms with Crippen LogP contribution in [0.15, 0.2) is 24.7 Å². The van der Waals surface area contributed by atoms with Gasteiger partial charge in [-0.25, -0.2) is 9.97 Å². The lowest BCUT2D eigenvalue weighted by molar-refractivity contribution is -0.172. The lowest BCUT2D eigenvalue weighted by Gasteiger charge is -2.25. The number of aliphatic hydroxyl groups is 1. The van der Waals surface area contributed by atoms with Crippen LogP contribution >= 0.6 is 11.8 Å². The molecule has 1 unspecified atom stereocenters. The molecule has 48 heavy (non-hydrogen) atoms. The van der Waals surface area contributed by atoms with Crippen LogP contribution in [0.1, 0.15) is 31.0 Å². The summed E-state index contributed by atoms with van der Waals surface area (Å²) in [6.45, 7) is 3.87. The van der Waals surface area contributed by atoms with E-state index >= 15 is 0 Å². The van der Waals surface area contributed by atoms with Gasteiger partial charge in [-0.2, -0.15) is 13.2 Å². The molecule has 0 aliphatic rings. The van der Waals surface area contributed by atoms with Crippen molar-refractivity contribution in [2.24, 2.45) is 0 Å². The van der Waals surface area contributed by atoms with Gasteiger partial charge in [0.2, 0.25) is 0 Å². The van der Waals surface area contributed by atoms with Crippen molar-refractivity contribution in [3.05, 3.63) is 35.8 Å². The average Bonchev–Trinajstić information content (AvgIpc) is 3.44. The fourth-order valence-corrected chi connectivity index (χ4v) is 5.30. The van der Waals surface area contributed by atoms with Crippen molar-refractivity contribution >= 4 is 34.5 Å². The van der Waals surface area contributed by atoms with Gasteiger partial charge in [0.1, 0.15) is 41.1 Å². The number of ether oxygens (including phenoxy) is 5. The molecular weight excluding hydrogens is 657 g/mol. The van der Waals surface area contributed by atoms with Crippen LogP contribution in [0.5, 0.6) is 17.2 Å². The van der Waals surface area contributed by atoms with Crippen molar-refractivity contribution in [1.82, 2.24) is 24.8 Å². The highest BCUT2D eigenvalue weighted by Crippen LogP contribution is 2.36. The molecule has 13 nitrogen and oxygen atoms in total. The summed E-state index contributed by atoms with van der Waals surface area (Å²) in [5.74, 6) is 3.51. The number of fused-ring (bicyclic) bond motifs is 1. The van der Waals surface area contributed by atoms with Gasteiger partial charge in [-0.15, -0.1) is 11.8 Å². The van der Waals surface area contributed by atoms with Gasteiger partial charge in [-0.3, -0.25) is 15.0 Å². The predicted molar refractivity (Wildman–Crippen MR) is 175 cm³/mol. The van der Waals surface area contributed by atoms with Crippen LogP contribution in [0.3, 0.4) is 0 Å². The van der Waals surface area contributed by atoms with E-state index in [0.29, 0.717) is 58.0 Å². The maximum atomic E-state index is 12.7. The molecule has 1 amide bonds. The van der Waals surface area contributed by atoms with E-state index in [4.69, 9.17) is 23.7 Å². The topological polar surface area (TPSA) is 141 Å². The molecule has 0 saturated heterocycles.